The number of hydrogen-bond donors (Lipinski definition) is 1. The molecule has 0 aliphatic carbocycles. The topological polar surface area (TPSA) is 46.3 Å². The summed E-state index contributed by atoms with van der Waals surface area (Å²) in [4.78, 5) is 12.9. The van der Waals surface area contributed by atoms with Crippen LogP contribution in [0.4, 0.5) is 0 Å². The first-order valence-electron chi connectivity index (χ1n) is 4.74. The highest BCUT2D eigenvalue weighted by molar-refractivity contribution is 9.10. The molecule has 0 bridgehead atoms. The molecule has 1 unspecified atom stereocenters. The third kappa shape index (κ3) is 3.64. The number of amides is 1. The molecule has 0 fully saturated rings. The minimum absolute atomic E-state index is 0.242. The molecule has 1 amide bonds. The lowest BCUT2D eigenvalue weighted by molar-refractivity contribution is -0.122. The number of carbonyl (C=O) groups is 1. The van der Waals surface area contributed by atoms with Crippen molar-refractivity contribution in [1.29, 1.82) is 0 Å². The summed E-state index contributed by atoms with van der Waals surface area (Å²) in [6, 6.07) is 7.77. The molecule has 0 saturated heterocycles. The number of primary amides is 1. The standard InChI is InChI=1S/C11H15BrN2O/c1-8(11(13)15)14(2)7-9-3-5-10(12)6-4-9/h3-6,8H,7H2,1-2H3,(H2,13,15). The van der Waals surface area contributed by atoms with Crippen LogP contribution in [0.25, 0.3) is 0 Å². The molecule has 0 aliphatic heterocycles. The van der Waals surface area contributed by atoms with Crippen molar-refractivity contribution in [3.63, 3.8) is 0 Å². The van der Waals surface area contributed by atoms with E-state index in [0.29, 0.717) is 0 Å². The van der Waals surface area contributed by atoms with Gasteiger partial charge >= 0.3 is 0 Å². The molecule has 4 heteroatoms. The highest BCUT2D eigenvalue weighted by atomic mass is 79.9. The molecule has 1 aromatic carbocycles. The van der Waals surface area contributed by atoms with Gasteiger partial charge in [0.25, 0.3) is 0 Å². The van der Waals surface area contributed by atoms with E-state index in [1.807, 2.05) is 36.2 Å². The van der Waals surface area contributed by atoms with Crippen molar-refractivity contribution < 1.29 is 4.79 Å². The van der Waals surface area contributed by atoms with Gasteiger partial charge in [-0.05, 0) is 31.7 Å². The van der Waals surface area contributed by atoms with Gasteiger partial charge < -0.3 is 5.73 Å². The Balaban J connectivity index is 2.62. The lowest BCUT2D eigenvalue weighted by Crippen LogP contribution is -2.39. The van der Waals surface area contributed by atoms with Gasteiger partial charge in [0.2, 0.25) is 5.91 Å². The molecule has 1 atom stereocenters. The van der Waals surface area contributed by atoms with Crippen molar-refractivity contribution in [3.8, 4) is 0 Å². The minimum Gasteiger partial charge on any atom is -0.368 e. The van der Waals surface area contributed by atoms with Crippen molar-refractivity contribution >= 4 is 21.8 Å². The Bertz CT molecular complexity index is 337. The Morgan fingerprint density at radius 1 is 1.47 bits per heavy atom. The van der Waals surface area contributed by atoms with Crippen LogP contribution in [0, 0.1) is 0 Å². The molecular formula is C11H15BrN2O. The van der Waals surface area contributed by atoms with E-state index in [4.69, 9.17) is 5.73 Å². The van der Waals surface area contributed by atoms with E-state index in [-0.39, 0.29) is 11.9 Å². The number of likely N-dealkylation sites (N-methyl/N-ethyl adjacent to an activating group) is 1. The summed E-state index contributed by atoms with van der Waals surface area (Å²) in [7, 11) is 1.89. The first-order valence-corrected chi connectivity index (χ1v) is 5.54. The molecule has 1 rings (SSSR count). The second kappa shape index (κ2) is 5.28. The van der Waals surface area contributed by atoms with Crippen molar-refractivity contribution in [2.75, 3.05) is 7.05 Å². The van der Waals surface area contributed by atoms with Crippen molar-refractivity contribution in [2.45, 2.75) is 19.5 Å². The second-order valence-electron chi connectivity index (χ2n) is 3.62. The number of hydrogen-bond acceptors (Lipinski definition) is 2. The first kappa shape index (κ1) is 12.2. The summed E-state index contributed by atoms with van der Waals surface area (Å²) in [5.74, 6) is -0.297. The minimum atomic E-state index is -0.297. The summed E-state index contributed by atoms with van der Waals surface area (Å²) in [6.07, 6.45) is 0. The van der Waals surface area contributed by atoms with E-state index in [1.54, 1.807) is 6.92 Å². The van der Waals surface area contributed by atoms with Crippen LogP contribution in [0.2, 0.25) is 0 Å². The van der Waals surface area contributed by atoms with Crippen LogP contribution in [-0.2, 0) is 11.3 Å². The van der Waals surface area contributed by atoms with Crippen LogP contribution in [0.5, 0.6) is 0 Å². The average Bonchev–Trinajstić information content (AvgIpc) is 2.20. The SMILES string of the molecule is CC(C(N)=O)N(C)Cc1ccc(Br)cc1. The van der Waals surface area contributed by atoms with Gasteiger partial charge in [-0.1, -0.05) is 28.1 Å². The molecular weight excluding hydrogens is 256 g/mol. The zero-order chi connectivity index (χ0) is 11.4. The maximum absolute atomic E-state index is 11.0. The molecule has 0 aromatic heterocycles. The predicted molar refractivity (Wildman–Crippen MR) is 64.3 cm³/mol. The van der Waals surface area contributed by atoms with Crippen molar-refractivity contribution in [3.05, 3.63) is 34.3 Å². The van der Waals surface area contributed by atoms with Gasteiger partial charge in [-0.25, -0.2) is 0 Å². The molecule has 1 aromatic rings. The van der Waals surface area contributed by atoms with Crippen LogP contribution in [0.1, 0.15) is 12.5 Å². The molecule has 0 radical (unpaired) electrons. The van der Waals surface area contributed by atoms with Gasteiger partial charge in [0.05, 0.1) is 6.04 Å². The largest absolute Gasteiger partial charge is 0.368 e. The third-order valence-corrected chi connectivity index (χ3v) is 2.95. The van der Waals surface area contributed by atoms with Crippen molar-refractivity contribution in [2.24, 2.45) is 5.73 Å². The molecule has 0 spiro atoms. The molecule has 2 N–H and O–H groups in total. The Hall–Kier alpha value is -0.870. The quantitative estimate of drug-likeness (QED) is 0.906. The van der Waals surface area contributed by atoms with E-state index >= 15 is 0 Å². The number of nitrogens with two attached hydrogens (primary N) is 1. The smallest absolute Gasteiger partial charge is 0.234 e. The van der Waals surface area contributed by atoms with Crippen LogP contribution in [-0.4, -0.2) is 23.9 Å². The number of rotatable bonds is 4. The van der Waals surface area contributed by atoms with E-state index in [0.717, 1.165) is 16.6 Å². The lowest BCUT2D eigenvalue weighted by atomic mass is 10.2. The number of nitrogens with zero attached hydrogens (tertiary/aromatic N) is 1. The Morgan fingerprint density at radius 2 is 2.00 bits per heavy atom. The van der Waals surface area contributed by atoms with Gasteiger partial charge in [0.15, 0.2) is 0 Å². The van der Waals surface area contributed by atoms with E-state index < -0.39 is 0 Å². The fourth-order valence-electron chi connectivity index (χ4n) is 1.23. The number of halogens is 1. The highest BCUT2D eigenvalue weighted by Gasteiger charge is 2.14. The normalized spacial score (nSPS) is 12.8. The zero-order valence-corrected chi connectivity index (χ0v) is 10.5. The molecule has 0 heterocycles. The molecule has 3 nitrogen and oxygen atoms in total. The van der Waals surface area contributed by atoms with Crippen LogP contribution < -0.4 is 5.73 Å². The molecule has 0 aliphatic rings. The highest BCUT2D eigenvalue weighted by Crippen LogP contribution is 2.12. The Labute approximate surface area is 98.4 Å². The average molecular weight is 271 g/mol. The van der Waals surface area contributed by atoms with Gasteiger partial charge in [0, 0.05) is 11.0 Å². The molecule has 0 saturated carbocycles. The maximum Gasteiger partial charge on any atom is 0.234 e. The van der Waals surface area contributed by atoms with Gasteiger partial charge in [0.1, 0.15) is 0 Å². The lowest BCUT2D eigenvalue weighted by Gasteiger charge is -2.21. The number of carbonyl (C=O) groups excluding carboxylic acids is 1. The zero-order valence-electron chi connectivity index (χ0n) is 8.90. The summed E-state index contributed by atoms with van der Waals surface area (Å²) < 4.78 is 1.05. The van der Waals surface area contributed by atoms with E-state index in [9.17, 15) is 4.79 Å². The molecule has 82 valence electrons. The van der Waals surface area contributed by atoms with Crippen molar-refractivity contribution in [1.82, 2.24) is 4.90 Å². The van der Waals surface area contributed by atoms with E-state index in [2.05, 4.69) is 15.9 Å². The van der Waals surface area contributed by atoms with Gasteiger partial charge in [-0.3, -0.25) is 9.69 Å². The monoisotopic (exact) mass is 270 g/mol. The van der Waals surface area contributed by atoms with E-state index in [1.165, 1.54) is 0 Å². The van der Waals surface area contributed by atoms with Crippen LogP contribution in [0.3, 0.4) is 0 Å². The van der Waals surface area contributed by atoms with Crippen LogP contribution in [0.15, 0.2) is 28.7 Å². The summed E-state index contributed by atoms with van der Waals surface area (Å²) in [5, 5.41) is 0. The summed E-state index contributed by atoms with van der Waals surface area (Å²) >= 11 is 3.38. The van der Waals surface area contributed by atoms with Gasteiger partial charge in [-0.2, -0.15) is 0 Å². The Morgan fingerprint density at radius 3 is 2.47 bits per heavy atom. The fourth-order valence-corrected chi connectivity index (χ4v) is 1.50. The maximum atomic E-state index is 11.0. The Kier molecular flexibility index (Phi) is 4.29. The number of benzene rings is 1. The summed E-state index contributed by atoms with van der Waals surface area (Å²) in [6.45, 7) is 2.53. The second-order valence-corrected chi connectivity index (χ2v) is 4.54. The van der Waals surface area contributed by atoms with Crippen LogP contribution >= 0.6 is 15.9 Å². The molecule has 15 heavy (non-hydrogen) atoms. The summed E-state index contributed by atoms with van der Waals surface area (Å²) in [5.41, 5.74) is 6.39. The third-order valence-electron chi connectivity index (χ3n) is 2.42. The first-order chi connectivity index (χ1) is 7.00. The van der Waals surface area contributed by atoms with Gasteiger partial charge in [-0.15, -0.1) is 0 Å². The fraction of sp³-hybridized carbons (Fsp3) is 0.364. The predicted octanol–water partition coefficient (Wildman–Crippen LogP) is 1.75.